The predicted octanol–water partition coefficient (Wildman–Crippen LogP) is 3.75. The van der Waals surface area contributed by atoms with Crippen molar-refractivity contribution in [1.29, 1.82) is 0 Å². The number of rotatable bonds is 3. The SMILES string of the molecule is O=C(c1ccc(Cl)cc1)N1CC2[CH]C(CN(Cc3ccccc3)C2)C1. The number of hydrogen-bond donors (Lipinski definition) is 0. The van der Waals surface area contributed by atoms with Crippen molar-refractivity contribution in [3.63, 3.8) is 0 Å². The van der Waals surface area contributed by atoms with Crippen LogP contribution in [0, 0.1) is 18.3 Å². The van der Waals surface area contributed by atoms with E-state index in [2.05, 4.69) is 41.7 Å². The van der Waals surface area contributed by atoms with Crippen LogP contribution in [0.4, 0.5) is 0 Å². The number of halogens is 1. The number of carbonyl (C=O) groups is 1. The molecule has 2 heterocycles. The van der Waals surface area contributed by atoms with Gasteiger partial charge in [0.25, 0.3) is 5.91 Å². The number of hydrogen-bond acceptors (Lipinski definition) is 2. The number of nitrogens with zero attached hydrogens (tertiary/aromatic N) is 2. The third kappa shape index (κ3) is 3.88. The molecule has 0 N–H and O–H groups in total. The van der Waals surface area contributed by atoms with E-state index in [0.717, 1.165) is 38.3 Å². The lowest BCUT2D eigenvalue weighted by molar-refractivity contribution is 0.0466. The van der Waals surface area contributed by atoms with Crippen molar-refractivity contribution in [2.45, 2.75) is 6.54 Å². The fraction of sp³-hybridized carbons (Fsp3) is 0.333. The van der Waals surface area contributed by atoms with E-state index >= 15 is 0 Å². The van der Waals surface area contributed by atoms with E-state index in [0.29, 0.717) is 16.9 Å². The Kier molecular flexibility index (Phi) is 4.78. The van der Waals surface area contributed by atoms with Crippen LogP contribution >= 0.6 is 11.6 Å². The number of piperidine rings is 2. The molecule has 1 amide bonds. The predicted molar refractivity (Wildman–Crippen MR) is 100 cm³/mol. The first kappa shape index (κ1) is 16.6. The minimum atomic E-state index is 0.122. The quantitative estimate of drug-likeness (QED) is 0.839. The molecule has 1 radical (unpaired) electrons. The molecular weight excluding hydrogens is 332 g/mol. The summed E-state index contributed by atoms with van der Waals surface area (Å²) in [4.78, 5) is 17.3. The molecule has 2 saturated heterocycles. The lowest BCUT2D eigenvalue weighted by Gasteiger charge is -2.45. The number of fused-ring (bicyclic) bond motifs is 2. The van der Waals surface area contributed by atoms with Crippen LogP contribution in [0.5, 0.6) is 0 Å². The minimum Gasteiger partial charge on any atom is -0.338 e. The number of benzene rings is 2. The van der Waals surface area contributed by atoms with Crippen molar-refractivity contribution in [3.8, 4) is 0 Å². The third-order valence-corrected chi connectivity index (χ3v) is 5.32. The van der Waals surface area contributed by atoms with Gasteiger partial charge < -0.3 is 4.90 Å². The summed E-state index contributed by atoms with van der Waals surface area (Å²) in [5.74, 6) is 1.02. The summed E-state index contributed by atoms with van der Waals surface area (Å²) >= 11 is 5.93. The summed E-state index contributed by atoms with van der Waals surface area (Å²) in [5, 5.41) is 0.664. The number of likely N-dealkylation sites (tertiary alicyclic amines) is 2. The van der Waals surface area contributed by atoms with Gasteiger partial charge in [0.1, 0.15) is 0 Å². The van der Waals surface area contributed by atoms with Crippen LogP contribution < -0.4 is 0 Å². The van der Waals surface area contributed by atoms with Gasteiger partial charge in [-0.3, -0.25) is 9.69 Å². The van der Waals surface area contributed by atoms with E-state index in [-0.39, 0.29) is 5.91 Å². The molecule has 25 heavy (non-hydrogen) atoms. The van der Waals surface area contributed by atoms with Gasteiger partial charge in [0.05, 0.1) is 0 Å². The molecule has 2 aromatic rings. The molecule has 2 aliphatic heterocycles. The molecule has 129 valence electrons. The van der Waals surface area contributed by atoms with Gasteiger partial charge in [-0.25, -0.2) is 0 Å². The molecule has 0 aliphatic carbocycles. The molecule has 2 atom stereocenters. The zero-order valence-electron chi connectivity index (χ0n) is 14.1. The summed E-state index contributed by atoms with van der Waals surface area (Å²) in [5.41, 5.74) is 2.09. The van der Waals surface area contributed by atoms with E-state index < -0.39 is 0 Å². The monoisotopic (exact) mass is 353 g/mol. The first-order valence-corrected chi connectivity index (χ1v) is 9.21. The van der Waals surface area contributed by atoms with Crippen molar-refractivity contribution in [2.75, 3.05) is 26.2 Å². The van der Waals surface area contributed by atoms with Crippen molar-refractivity contribution < 1.29 is 4.79 Å². The average Bonchev–Trinajstić information content (AvgIpc) is 2.62. The van der Waals surface area contributed by atoms with Gasteiger partial charge in [0, 0.05) is 43.3 Å². The van der Waals surface area contributed by atoms with Gasteiger partial charge in [-0.1, -0.05) is 41.9 Å². The van der Waals surface area contributed by atoms with Crippen molar-refractivity contribution >= 4 is 17.5 Å². The van der Waals surface area contributed by atoms with Gasteiger partial charge in [-0.05, 0) is 48.1 Å². The second-order valence-corrected chi connectivity index (χ2v) is 7.55. The Balaban J connectivity index is 1.40. The largest absolute Gasteiger partial charge is 0.338 e. The van der Waals surface area contributed by atoms with Crippen molar-refractivity contribution in [2.24, 2.45) is 11.8 Å². The molecule has 2 bridgehead atoms. The van der Waals surface area contributed by atoms with Gasteiger partial charge in [0.15, 0.2) is 0 Å². The van der Waals surface area contributed by atoms with Gasteiger partial charge in [0.2, 0.25) is 0 Å². The molecule has 0 spiro atoms. The maximum absolute atomic E-state index is 12.8. The molecule has 2 unspecified atom stereocenters. The molecule has 2 aliphatic rings. The summed E-state index contributed by atoms with van der Waals surface area (Å²) in [6.07, 6.45) is 2.45. The molecule has 4 heteroatoms. The second-order valence-electron chi connectivity index (χ2n) is 7.11. The standard InChI is InChI=1S/C21H22ClN2O/c22-20-8-6-19(7-9-20)21(25)24-14-17-10-18(15-24)13-23(12-17)11-16-4-2-1-3-5-16/h1-10,17-18H,11-15H2. The summed E-state index contributed by atoms with van der Waals surface area (Å²) in [6, 6.07) is 17.8. The normalized spacial score (nSPS) is 23.5. The van der Waals surface area contributed by atoms with E-state index in [9.17, 15) is 4.79 Å². The second kappa shape index (κ2) is 7.19. The van der Waals surface area contributed by atoms with Crippen LogP contribution in [-0.4, -0.2) is 41.9 Å². The Morgan fingerprint density at radius 3 is 2.20 bits per heavy atom. The smallest absolute Gasteiger partial charge is 0.253 e. The fourth-order valence-electron chi connectivity index (χ4n) is 4.03. The lowest BCUT2D eigenvalue weighted by atomic mass is 9.84. The molecule has 0 aromatic heterocycles. The highest BCUT2D eigenvalue weighted by Gasteiger charge is 2.36. The maximum Gasteiger partial charge on any atom is 0.253 e. The number of amides is 1. The van der Waals surface area contributed by atoms with Crippen LogP contribution in [0.25, 0.3) is 0 Å². The lowest BCUT2D eigenvalue weighted by Crippen LogP contribution is -2.54. The minimum absolute atomic E-state index is 0.122. The molecule has 3 nitrogen and oxygen atoms in total. The highest BCUT2D eigenvalue weighted by molar-refractivity contribution is 6.30. The van der Waals surface area contributed by atoms with Crippen molar-refractivity contribution in [3.05, 3.63) is 77.2 Å². The zero-order chi connectivity index (χ0) is 17.2. The van der Waals surface area contributed by atoms with E-state index in [4.69, 9.17) is 11.6 Å². The van der Waals surface area contributed by atoms with Crippen LogP contribution in [0.3, 0.4) is 0 Å². The highest BCUT2D eigenvalue weighted by Crippen LogP contribution is 2.29. The Bertz CT molecular complexity index is 717. The fourth-order valence-corrected chi connectivity index (χ4v) is 4.16. The van der Waals surface area contributed by atoms with E-state index in [1.165, 1.54) is 5.56 Å². The van der Waals surface area contributed by atoms with Gasteiger partial charge in [-0.15, -0.1) is 0 Å². The topological polar surface area (TPSA) is 23.6 Å². The van der Waals surface area contributed by atoms with E-state index in [1.54, 1.807) is 12.1 Å². The average molecular weight is 354 g/mol. The van der Waals surface area contributed by atoms with Gasteiger partial charge >= 0.3 is 0 Å². The molecular formula is C21H22ClN2O. The Morgan fingerprint density at radius 2 is 1.56 bits per heavy atom. The van der Waals surface area contributed by atoms with Crippen molar-refractivity contribution in [1.82, 2.24) is 9.80 Å². The van der Waals surface area contributed by atoms with Crippen LogP contribution in [0.1, 0.15) is 15.9 Å². The first-order valence-electron chi connectivity index (χ1n) is 8.83. The summed E-state index contributed by atoms with van der Waals surface area (Å²) in [6.45, 7) is 4.66. The zero-order valence-corrected chi connectivity index (χ0v) is 14.9. The third-order valence-electron chi connectivity index (χ3n) is 5.07. The first-order chi connectivity index (χ1) is 12.2. The Labute approximate surface area is 154 Å². The number of carbonyl (C=O) groups excluding carboxylic acids is 1. The Hall–Kier alpha value is -1.84. The van der Waals surface area contributed by atoms with Crippen LogP contribution in [-0.2, 0) is 6.54 Å². The van der Waals surface area contributed by atoms with Crippen LogP contribution in [0.15, 0.2) is 54.6 Å². The maximum atomic E-state index is 12.8. The molecule has 0 saturated carbocycles. The van der Waals surface area contributed by atoms with Gasteiger partial charge in [-0.2, -0.15) is 0 Å². The summed E-state index contributed by atoms with van der Waals surface area (Å²) < 4.78 is 0. The van der Waals surface area contributed by atoms with Crippen LogP contribution in [0.2, 0.25) is 5.02 Å². The molecule has 4 rings (SSSR count). The van der Waals surface area contributed by atoms with E-state index in [1.807, 2.05) is 17.0 Å². The highest BCUT2D eigenvalue weighted by atomic mass is 35.5. The Morgan fingerprint density at radius 1 is 0.920 bits per heavy atom. The molecule has 2 fully saturated rings. The molecule has 2 aromatic carbocycles. The summed E-state index contributed by atoms with van der Waals surface area (Å²) in [7, 11) is 0.